The summed E-state index contributed by atoms with van der Waals surface area (Å²) in [6.07, 6.45) is 9.40. The number of aryl methyl sites for hydroxylation is 1. The monoisotopic (exact) mass is 578 g/mol. The first-order chi connectivity index (χ1) is 20.9. The van der Waals surface area contributed by atoms with Crippen LogP contribution in [0.15, 0.2) is 60.0 Å². The van der Waals surface area contributed by atoms with Crippen molar-refractivity contribution < 1.29 is 5.11 Å². The van der Waals surface area contributed by atoms with Gasteiger partial charge < -0.3 is 20.2 Å². The van der Waals surface area contributed by atoms with Crippen molar-refractivity contribution in [1.82, 2.24) is 29.2 Å². The fourth-order valence-corrected chi connectivity index (χ4v) is 7.41. The standard InChI is InChI=1S/C33H38N8O2/c1-3-16-40-30(42)26-21-34-31(35-24-7-9-25(10-8-24)39-19-17-38(2)18-20-39)37-29(26)41(40)27-11-4-22-12-13-32(14-15-32)33(43,23-5-6-23)28(22)36-27/h3-4,7-11,21,23,43H,1,5-6,12-20H2,2H3,(H,34,35,37). The topological polar surface area (TPSA) is 104 Å². The fraction of sp³-hybridized carbons (Fsp3) is 0.455. The van der Waals surface area contributed by atoms with Crippen LogP contribution in [0.1, 0.15) is 43.4 Å². The second-order valence-corrected chi connectivity index (χ2v) is 12.9. The molecule has 10 heteroatoms. The van der Waals surface area contributed by atoms with E-state index < -0.39 is 5.60 Å². The Morgan fingerprint density at radius 3 is 2.51 bits per heavy atom. The lowest BCUT2D eigenvalue weighted by Gasteiger charge is -2.42. The van der Waals surface area contributed by atoms with Gasteiger partial charge in [0.15, 0.2) is 11.5 Å². The molecule has 10 nitrogen and oxygen atoms in total. The number of fused-ring (bicyclic) bond motifs is 2. The first-order valence-electron chi connectivity index (χ1n) is 15.5. The summed E-state index contributed by atoms with van der Waals surface area (Å²) >= 11 is 0. The van der Waals surface area contributed by atoms with Gasteiger partial charge in [-0.1, -0.05) is 12.1 Å². The number of benzene rings is 1. The molecule has 4 heterocycles. The molecule has 4 aromatic rings. The summed E-state index contributed by atoms with van der Waals surface area (Å²) in [5, 5.41) is 16.0. The van der Waals surface area contributed by atoms with Gasteiger partial charge in [-0.3, -0.25) is 4.79 Å². The molecule has 3 aromatic heterocycles. The van der Waals surface area contributed by atoms with Gasteiger partial charge in [0.05, 0.1) is 12.2 Å². The Bertz CT molecular complexity index is 1780. The van der Waals surface area contributed by atoms with Crippen molar-refractivity contribution in [2.24, 2.45) is 11.3 Å². The fourth-order valence-electron chi connectivity index (χ4n) is 7.41. The number of allylic oxidation sites excluding steroid dienone is 1. The maximum absolute atomic E-state index is 13.5. The molecule has 0 radical (unpaired) electrons. The van der Waals surface area contributed by atoms with E-state index in [4.69, 9.17) is 9.97 Å². The van der Waals surface area contributed by atoms with Gasteiger partial charge in [-0.15, -0.1) is 6.58 Å². The highest BCUT2D eigenvalue weighted by molar-refractivity contribution is 5.77. The Balaban J connectivity index is 1.17. The van der Waals surface area contributed by atoms with E-state index in [0.717, 1.165) is 81.6 Å². The van der Waals surface area contributed by atoms with Crippen LogP contribution in [0.4, 0.5) is 17.3 Å². The Labute approximate surface area is 250 Å². The smallest absolute Gasteiger partial charge is 0.278 e. The molecule has 1 aromatic carbocycles. The van der Waals surface area contributed by atoms with Crippen molar-refractivity contribution in [1.29, 1.82) is 0 Å². The molecule has 43 heavy (non-hydrogen) atoms. The van der Waals surface area contributed by atoms with Crippen LogP contribution in [0.5, 0.6) is 0 Å². The molecule has 222 valence electrons. The third-order valence-corrected chi connectivity index (χ3v) is 10.2. The number of aliphatic hydroxyl groups is 1. The number of hydrogen-bond acceptors (Lipinski definition) is 8. The van der Waals surface area contributed by atoms with Crippen molar-refractivity contribution in [3.8, 4) is 5.82 Å². The number of pyridine rings is 1. The van der Waals surface area contributed by atoms with Crippen molar-refractivity contribution in [2.45, 2.75) is 50.7 Å². The van der Waals surface area contributed by atoms with Crippen LogP contribution in [0.3, 0.4) is 0 Å². The molecule has 8 rings (SSSR count). The first-order valence-corrected chi connectivity index (χ1v) is 15.5. The number of anilines is 3. The lowest BCUT2D eigenvalue weighted by molar-refractivity contribution is -0.0747. The van der Waals surface area contributed by atoms with Crippen LogP contribution in [-0.2, 0) is 18.6 Å². The molecule has 2 N–H and O–H groups in total. The van der Waals surface area contributed by atoms with Crippen LogP contribution < -0.4 is 15.8 Å². The summed E-state index contributed by atoms with van der Waals surface area (Å²) in [5.41, 5.74) is 3.29. The minimum absolute atomic E-state index is 0.0501. The third-order valence-electron chi connectivity index (χ3n) is 10.2. The lowest BCUT2D eigenvalue weighted by Crippen LogP contribution is -2.44. The van der Waals surface area contributed by atoms with Gasteiger partial charge in [-0.2, -0.15) is 4.98 Å². The molecule has 1 saturated heterocycles. The average Bonchev–Trinajstić information content (AvgIpc) is 3.96. The number of nitrogens with zero attached hydrogens (tertiary/aromatic N) is 7. The molecular weight excluding hydrogens is 540 g/mol. The van der Waals surface area contributed by atoms with Crippen LogP contribution in [-0.4, -0.2) is 67.5 Å². The molecule has 4 aliphatic rings. The highest BCUT2D eigenvalue weighted by atomic mass is 16.3. The van der Waals surface area contributed by atoms with E-state index in [1.165, 1.54) is 5.69 Å². The van der Waals surface area contributed by atoms with Crippen LogP contribution >= 0.6 is 0 Å². The summed E-state index contributed by atoms with van der Waals surface area (Å²) < 4.78 is 3.37. The predicted molar refractivity (Wildman–Crippen MR) is 167 cm³/mol. The van der Waals surface area contributed by atoms with Gasteiger partial charge in [0, 0.05) is 49.2 Å². The van der Waals surface area contributed by atoms with E-state index in [1.54, 1.807) is 21.6 Å². The van der Waals surface area contributed by atoms with E-state index in [2.05, 4.69) is 51.9 Å². The van der Waals surface area contributed by atoms with E-state index in [1.807, 2.05) is 18.2 Å². The number of likely N-dealkylation sites (N-methyl/N-ethyl adjacent to an activating group) is 1. The predicted octanol–water partition coefficient (Wildman–Crippen LogP) is 3.98. The number of rotatable bonds is 7. The lowest BCUT2D eigenvalue weighted by atomic mass is 9.68. The van der Waals surface area contributed by atoms with Gasteiger partial charge in [-0.05, 0) is 87.4 Å². The number of piperazine rings is 1. The molecule has 0 amide bonds. The van der Waals surface area contributed by atoms with E-state index in [0.29, 0.717) is 29.3 Å². The average molecular weight is 579 g/mol. The molecule has 1 spiro atoms. The Morgan fingerprint density at radius 2 is 1.81 bits per heavy atom. The summed E-state index contributed by atoms with van der Waals surface area (Å²) in [4.78, 5) is 32.8. The quantitative estimate of drug-likeness (QED) is 0.318. The summed E-state index contributed by atoms with van der Waals surface area (Å²) in [5.74, 6) is 1.23. The van der Waals surface area contributed by atoms with Gasteiger partial charge in [0.2, 0.25) is 5.95 Å². The second-order valence-electron chi connectivity index (χ2n) is 12.9. The zero-order valence-corrected chi connectivity index (χ0v) is 24.7. The minimum Gasteiger partial charge on any atom is -0.383 e. The SMILES string of the molecule is C=CCn1c(=O)c2cnc(Nc3ccc(N4CCN(C)CC4)cc3)nc2n1-c1ccc2c(n1)C(O)(C1CC1)C1(CC2)CC1. The van der Waals surface area contributed by atoms with E-state index in [-0.39, 0.29) is 16.9 Å². The molecule has 2 saturated carbocycles. The Kier molecular flexibility index (Phi) is 6.03. The highest BCUT2D eigenvalue weighted by Crippen LogP contribution is 2.69. The van der Waals surface area contributed by atoms with E-state index in [9.17, 15) is 9.90 Å². The zero-order chi connectivity index (χ0) is 29.3. The molecule has 1 unspecified atom stereocenters. The van der Waals surface area contributed by atoms with Crippen LogP contribution in [0, 0.1) is 11.3 Å². The highest BCUT2D eigenvalue weighted by Gasteiger charge is 2.67. The Hall–Kier alpha value is -4.02. The zero-order valence-electron chi connectivity index (χ0n) is 24.7. The minimum atomic E-state index is -0.902. The summed E-state index contributed by atoms with van der Waals surface area (Å²) in [7, 11) is 2.16. The number of aromatic nitrogens is 5. The van der Waals surface area contributed by atoms with Crippen LogP contribution in [0.2, 0.25) is 0 Å². The molecule has 3 fully saturated rings. The number of nitrogens with one attached hydrogen (secondary N) is 1. The van der Waals surface area contributed by atoms with Crippen molar-refractivity contribution >= 4 is 28.4 Å². The maximum atomic E-state index is 13.5. The van der Waals surface area contributed by atoms with Crippen LogP contribution in [0.25, 0.3) is 16.9 Å². The normalized spacial score (nSPS) is 23.0. The molecule has 0 bridgehead atoms. The van der Waals surface area contributed by atoms with Crippen molar-refractivity contribution in [3.05, 3.63) is 76.9 Å². The molecular formula is C33H38N8O2. The van der Waals surface area contributed by atoms with Gasteiger partial charge in [0.1, 0.15) is 11.0 Å². The Morgan fingerprint density at radius 1 is 1.05 bits per heavy atom. The first kappa shape index (κ1) is 26.6. The van der Waals surface area contributed by atoms with E-state index >= 15 is 0 Å². The van der Waals surface area contributed by atoms with Gasteiger partial charge in [-0.25, -0.2) is 19.3 Å². The largest absolute Gasteiger partial charge is 0.383 e. The maximum Gasteiger partial charge on any atom is 0.278 e. The number of hydrogen-bond donors (Lipinski definition) is 2. The molecule has 3 aliphatic carbocycles. The third kappa shape index (κ3) is 4.22. The van der Waals surface area contributed by atoms with Crippen molar-refractivity contribution in [2.75, 3.05) is 43.4 Å². The van der Waals surface area contributed by atoms with Gasteiger partial charge in [0.25, 0.3) is 5.56 Å². The molecule has 1 aliphatic heterocycles. The van der Waals surface area contributed by atoms with Crippen molar-refractivity contribution in [3.63, 3.8) is 0 Å². The van der Waals surface area contributed by atoms with Gasteiger partial charge >= 0.3 is 0 Å². The summed E-state index contributed by atoms with van der Waals surface area (Å²) in [6.45, 7) is 8.31. The molecule has 1 atom stereocenters. The second kappa shape index (κ2) is 9.75. The summed E-state index contributed by atoms with van der Waals surface area (Å²) in [6, 6.07) is 12.3.